The summed E-state index contributed by atoms with van der Waals surface area (Å²) in [6.07, 6.45) is -3.88. The van der Waals surface area contributed by atoms with E-state index in [4.69, 9.17) is 14.7 Å². The molecule has 5 N–H and O–H groups in total. The lowest BCUT2D eigenvalue weighted by Crippen LogP contribution is -2.47. The van der Waals surface area contributed by atoms with Gasteiger partial charge in [-0.25, -0.2) is 4.72 Å². The molecule has 0 aliphatic carbocycles. The van der Waals surface area contributed by atoms with Crippen molar-refractivity contribution in [1.82, 2.24) is 24.9 Å². The van der Waals surface area contributed by atoms with Crippen LogP contribution < -0.4 is 10.5 Å². The fraction of sp³-hybridized carbons (Fsp3) is 0.481. The summed E-state index contributed by atoms with van der Waals surface area (Å²) in [5.74, 6) is -0.700. The molecule has 0 saturated carbocycles. The molecule has 222 valence electrons. The van der Waals surface area contributed by atoms with Gasteiger partial charge < -0.3 is 20.7 Å². The molecule has 0 radical (unpaired) electrons. The fourth-order valence-corrected chi connectivity index (χ4v) is 5.24. The lowest BCUT2D eigenvalue weighted by atomic mass is 9.99. The van der Waals surface area contributed by atoms with Crippen molar-refractivity contribution in [2.24, 2.45) is 11.7 Å². The molecule has 2 heterocycles. The van der Waals surface area contributed by atoms with E-state index in [1.807, 2.05) is 43.3 Å². The maximum atomic E-state index is 12.2. The zero-order chi connectivity index (χ0) is 29.7. The molecule has 4 rings (SSSR count). The van der Waals surface area contributed by atoms with E-state index in [0.29, 0.717) is 12.2 Å². The van der Waals surface area contributed by atoms with Crippen LogP contribution in [-0.2, 0) is 30.6 Å². The molecule has 0 spiro atoms. The van der Waals surface area contributed by atoms with Crippen LogP contribution in [0.15, 0.2) is 48.5 Å². The number of aryl methyl sites for hydroxylation is 2. The van der Waals surface area contributed by atoms with E-state index in [-0.39, 0.29) is 18.9 Å². The van der Waals surface area contributed by atoms with Gasteiger partial charge in [0.15, 0.2) is 0 Å². The molecule has 2 aromatic carbocycles. The number of hydrogen-bond acceptors (Lipinski definition) is 11. The van der Waals surface area contributed by atoms with Gasteiger partial charge in [-0.3, -0.25) is 8.98 Å². The van der Waals surface area contributed by atoms with Gasteiger partial charge in [0.25, 0.3) is 5.91 Å². The van der Waals surface area contributed by atoms with Gasteiger partial charge in [0, 0.05) is 5.56 Å². The lowest BCUT2D eigenvalue weighted by molar-refractivity contribution is -0.121. The number of tetrazole rings is 1. The first-order chi connectivity index (χ1) is 19.5. The van der Waals surface area contributed by atoms with Gasteiger partial charge in [0.1, 0.15) is 18.3 Å². The monoisotopic (exact) mass is 588 g/mol. The van der Waals surface area contributed by atoms with E-state index in [1.54, 1.807) is 11.6 Å². The predicted octanol–water partition coefficient (Wildman–Crippen LogP) is 0.946. The van der Waals surface area contributed by atoms with E-state index in [1.165, 1.54) is 10.4 Å². The number of aliphatic hydroxyl groups is 2. The van der Waals surface area contributed by atoms with E-state index < -0.39 is 53.3 Å². The molecule has 1 aliphatic rings. The Kier molecular flexibility index (Phi) is 9.84. The topological polar surface area (TPSA) is 192 Å². The van der Waals surface area contributed by atoms with Gasteiger partial charge in [0.2, 0.25) is 5.82 Å². The largest absolute Gasteiger partial charge is 0.388 e. The second-order valence-corrected chi connectivity index (χ2v) is 11.5. The van der Waals surface area contributed by atoms with Crippen LogP contribution in [0.25, 0.3) is 22.5 Å². The average molecular weight is 589 g/mol. The highest BCUT2D eigenvalue weighted by Gasteiger charge is 2.43. The number of amides is 1. The maximum absolute atomic E-state index is 12.2. The first-order valence-electron chi connectivity index (χ1n) is 13.4. The Hall–Kier alpha value is -3.27. The van der Waals surface area contributed by atoms with Crippen LogP contribution >= 0.6 is 0 Å². The summed E-state index contributed by atoms with van der Waals surface area (Å²) < 4.78 is 36.6. The van der Waals surface area contributed by atoms with Gasteiger partial charge in [-0.1, -0.05) is 68.8 Å². The van der Waals surface area contributed by atoms with Crippen molar-refractivity contribution in [3.63, 3.8) is 0 Å². The smallest absolute Gasteiger partial charge is 0.362 e. The Morgan fingerprint density at radius 3 is 2.46 bits per heavy atom. The summed E-state index contributed by atoms with van der Waals surface area (Å²) >= 11 is 0. The third kappa shape index (κ3) is 7.52. The Morgan fingerprint density at radius 1 is 1.12 bits per heavy atom. The van der Waals surface area contributed by atoms with Crippen molar-refractivity contribution >= 4 is 16.2 Å². The Bertz CT molecular complexity index is 1430. The molecule has 1 aromatic heterocycles. The van der Waals surface area contributed by atoms with Crippen LogP contribution in [-0.4, -0.2) is 81.8 Å². The molecule has 1 fully saturated rings. The summed E-state index contributed by atoms with van der Waals surface area (Å²) in [6.45, 7) is 5.22. The second kappa shape index (κ2) is 13.1. The molecule has 6 atom stereocenters. The van der Waals surface area contributed by atoms with Crippen LogP contribution in [0.2, 0.25) is 0 Å². The minimum absolute atomic E-state index is 0.212. The van der Waals surface area contributed by atoms with Gasteiger partial charge in [-0.05, 0) is 41.2 Å². The number of ether oxygens (including phenoxy) is 1. The zero-order valence-electron chi connectivity index (χ0n) is 23.1. The number of nitrogens with two attached hydrogens (primary N) is 1. The maximum Gasteiger partial charge on any atom is 0.362 e. The molecule has 14 heteroatoms. The van der Waals surface area contributed by atoms with Crippen molar-refractivity contribution in [3.8, 4) is 22.5 Å². The van der Waals surface area contributed by atoms with E-state index in [0.717, 1.165) is 16.7 Å². The highest BCUT2D eigenvalue weighted by atomic mass is 32.2. The van der Waals surface area contributed by atoms with Crippen LogP contribution in [0.1, 0.15) is 32.3 Å². The van der Waals surface area contributed by atoms with Crippen LogP contribution in [0.3, 0.4) is 0 Å². The van der Waals surface area contributed by atoms with Crippen LogP contribution in [0.5, 0.6) is 0 Å². The number of nitrogens with one attached hydrogen (secondary N) is 1. The number of aliphatic hydroxyl groups excluding tert-OH is 2. The SMILES string of the molecule is CC[C@H](C)[C@H](N)C(=O)NS(=O)(=O)OC[C@H]1O[C@@H](CCn2nnc(-c3ccc(-c4ccccc4C)cc3)n2)[C@H](O)[C@@H]1O. The summed E-state index contributed by atoms with van der Waals surface area (Å²) in [6, 6.07) is 14.9. The highest BCUT2D eigenvalue weighted by molar-refractivity contribution is 7.85. The molecule has 1 aliphatic heterocycles. The Morgan fingerprint density at radius 2 is 1.78 bits per heavy atom. The Balaban J connectivity index is 1.29. The second-order valence-electron chi connectivity index (χ2n) is 10.2. The van der Waals surface area contributed by atoms with Crippen LogP contribution in [0, 0.1) is 12.8 Å². The van der Waals surface area contributed by atoms with E-state index >= 15 is 0 Å². The summed E-state index contributed by atoms with van der Waals surface area (Å²) in [4.78, 5) is 13.4. The van der Waals surface area contributed by atoms with Gasteiger partial charge in [-0.2, -0.15) is 13.2 Å². The molecule has 3 aromatic rings. The van der Waals surface area contributed by atoms with Crippen molar-refractivity contribution in [2.75, 3.05) is 6.61 Å². The molecular formula is C27H36N6O7S. The van der Waals surface area contributed by atoms with Gasteiger partial charge in [0.05, 0.1) is 25.3 Å². The van der Waals surface area contributed by atoms with E-state index in [2.05, 4.69) is 34.5 Å². The molecule has 41 heavy (non-hydrogen) atoms. The van der Waals surface area contributed by atoms with E-state index in [9.17, 15) is 23.4 Å². The number of carbonyl (C=O) groups is 1. The first-order valence-corrected chi connectivity index (χ1v) is 14.8. The van der Waals surface area contributed by atoms with Crippen molar-refractivity contribution in [3.05, 3.63) is 54.1 Å². The molecule has 0 bridgehead atoms. The summed E-state index contributed by atoms with van der Waals surface area (Å²) in [5.41, 5.74) is 9.94. The zero-order valence-corrected chi connectivity index (χ0v) is 23.9. The summed E-state index contributed by atoms with van der Waals surface area (Å²) in [5, 5.41) is 33.4. The normalized spacial score (nSPS) is 22.4. The van der Waals surface area contributed by atoms with Gasteiger partial charge in [-0.15, -0.1) is 10.2 Å². The fourth-order valence-electron chi connectivity index (χ4n) is 4.48. The first kappa shape index (κ1) is 30.7. The molecule has 1 saturated heterocycles. The minimum atomic E-state index is -4.50. The van der Waals surface area contributed by atoms with Crippen molar-refractivity contribution < 1.29 is 32.3 Å². The third-order valence-electron chi connectivity index (χ3n) is 7.30. The molecule has 1 amide bonds. The van der Waals surface area contributed by atoms with Crippen LogP contribution in [0.4, 0.5) is 0 Å². The minimum Gasteiger partial charge on any atom is -0.388 e. The average Bonchev–Trinajstić information content (AvgIpc) is 3.54. The number of aromatic nitrogens is 4. The molecular weight excluding hydrogens is 552 g/mol. The third-order valence-corrected chi connectivity index (χ3v) is 8.20. The summed E-state index contributed by atoms with van der Waals surface area (Å²) in [7, 11) is -4.50. The standard InChI is InChI=1S/C27H36N6O7S/c1-4-16(2)23(28)27(36)31-41(37,38)39-15-22-25(35)24(34)21(40-22)13-14-33-30-26(29-32-33)19-11-9-18(10-12-19)20-8-6-5-7-17(20)3/h5-12,16,21-25,34-35H,4,13-15,28H2,1-3H3,(H,31,36)/t16-,21-,22+,23-,24-,25+/m0/s1. The number of carbonyl (C=O) groups excluding carboxylic acids is 1. The molecule has 0 unspecified atom stereocenters. The molecule has 13 nitrogen and oxygen atoms in total. The highest BCUT2D eigenvalue weighted by Crippen LogP contribution is 2.26. The number of hydrogen-bond donors (Lipinski definition) is 4. The number of nitrogens with zero attached hydrogens (tertiary/aromatic N) is 4. The number of rotatable bonds is 12. The van der Waals surface area contributed by atoms with Crippen molar-refractivity contribution in [2.45, 2.75) is 70.6 Å². The van der Waals surface area contributed by atoms with Crippen molar-refractivity contribution in [1.29, 1.82) is 0 Å². The van der Waals surface area contributed by atoms with Gasteiger partial charge >= 0.3 is 10.3 Å². The quantitative estimate of drug-likeness (QED) is 0.235. The predicted molar refractivity (Wildman–Crippen MR) is 149 cm³/mol. The number of benzene rings is 2. The Labute approximate surface area is 238 Å². The lowest BCUT2D eigenvalue weighted by Gasteiger charge is -2.18.